The number of ether oxygens (including phenoxy) is 1. The molecule has 34 heavy (non-hydrogen) atoms. The number of nitrogens with one attached hydrogen (secondary N) is 1. The van der Waals surface area contributed by atoms with Gasteiger partial charge in [-0.15, -0.1) is 0 Å². The summed E-state index contributed by atoms with van der Waals surface area (Å²) in [6.07, 6.45) is -2.55. The molecule has 1 saturated heterocycles. The Kier molecular flexibility index (Phi) is 8.67. The number of hydrogen-bond donors (Lipinski definition) is 2. The molecule has 1 heterocycles. The molecule has 9 heteroatoms. The molecule has 0 saturated carbocycles. The lowest BCUT2D eigenvalue weighted by atomic mass is 10.0. The number of piperidine rings is 1. The first kappa shape index (κ1) is 25.3. The van der Waals surface area contributed by atoms with Crippen LogP contribution in [0.2, 0.25) is 0 Å². The number of likely N-dealkylation sites (tertiary alicyclic amines) is 1. The van der Waals surface area contributed by atoms with E-state index in [0.29, 0.717) is 18.1 Å². The van der Waals surface area contributed by atoms with Gasteiger partial charge in [0.1, 0.15) is 17.7 Å². The van der Waals surface area contributed by atoms with E-state index in [2.05, 4.69) is 19.2 Å². The van der Waals surface area contributed by atoms with Gasteiger partial charge in [-0.1, -0.05) is 38.1 Å². The van der Waals surface area contributed by atoms with Crippen LogP contribution < -0.4 is 10.1 Å². The van der Waals surface area contributed by atoms with Crippen molar-refractivity contribution in [2.75, 3.05) is 19.7 Å². The lowest BCUT2D eigenvalue weighted by molar-refractivity contribution is 0.0471. The van der Waals surface area contributed by atoms with Crippen LogP contribution in [0.1, 0.15) is 31.4 Å². The molecule has 2 atom stereocenters. The Labute approximate surface area is 198 Å². The smallest absolute Gasteiger partial charge is 0.407 e. The molecular formula is C25H31F2N3O4. The maximum Gasteiger partial charge on any atom is 0.407 e. The second-order valence-electron chi connectivity index (χ2n) is 8.86. The Hall–Kier alpha value is -3.36. The third kappa shape index (κ3) is 7.07. The van der Waals surface area contributed by atoms with Gasteiger partial charge in [-0.05, 0) is 47.7 Å². The maximum atomic E-state index is 15.0. The molecule has 1 fully saturated rings. The summed E-state index contributed by atoms with van der Waals surface area (Å²) in [6, 6.07) is 11.8. The van der Waals surface area contributed by atoms with Crippen molar-refractivity contribution >= 4 is 12.1 Å². The number of hydrogen-bond acceptors (Lipinski definition) is 3. The topological polar surface area (TPSA) is 82.1 Å². The molecule has 0 unspecified atom stereocenters. The second kappa shape index (κ2) is 11.7. The molecule has 3 amide bonds. The highest BCUT2D eigenvalue weighted by Crippen LogP contribution is 2.23. The van der Waals surface area contributed by atoms with Gasteiger partial charge in [0, 0.05) is 19.6 Å². The van der Waals surface area contributed by atoms with Crippen LogP contribution in [0, 0.1) is 11.7 Å². The molecule has 2 N–H and O–H groups in total. The highest BCUT2D eigenvalue weighted by Gasteiger charge is 2.37. The van der Waals surface area contributed by atoms with Crippen molar-refractivity contribution < 1.29 is 28.2 Å². The molecule has 0 spiro atoms. The van der Waals surface area contributed by atoms with Crippen molar-refractivity contribution in [2.24, 2.45) is 5.92 Å². The van der Waals surface area contributed by atoms with Crippen LogP contribution in [0.15, 0.2) is 48.5 Å². The van der Waals surface area contributed by atoms with Crippen LogP contribution in [0.4, 0.5) is 18.4 Å². The number of alkyl halides is 1. The minimum Gasteiger partial charge on any atom is -0.493 e. The summed E-state index contributed by atoms with van der Waals surface area (Å²) in [6.45, 7) is 4.88. The average Bonchev–Trinajstić information content (AvgIpc) is 2.81. The first-order valence-electron chi connectivity index (χ1n) is 11.4. The standard InChI is InChI=1S/C25H31F2N3O4/c1-17(2)16-34-21-9-5-18(6-10-21)13-28-24(31)30(14-19-3-7-20(26)8-4-19)23-11-12-29(25(32)33)15-22(23)27/h3-10,17,22-23H,11-16H2,1-2H3,(H,28,31)(H,32,33)/t22-,23+/m0/s1. The number of nitrogens with zero attached hydrogens (tertiary/aromatic N) is 2. The molecule has 7 nitrogen and oxygen atoms in total. The lowest BCUT2D eigenvalue weighted by Crippen LogP contribution is -2.56. The average molecular weight is 476 g/mol. The largest absolute Gasteiger partial charge is 0.493 e. The second-order valence-corrected chi connectivity index (χ2v) is 8.86. The summed E-state index contributed by atoms with van der Waals surface area (Å²) in [5.41, 5.74) is 1.50. The van der Waals surface area contributed by atoms with E-state index in [1.807, 2.05) is 24.3 Å². The summed E-state index contributed by atoms with van der Waals surface area (Å²) >= 11 is 0. The first-order chi connectivity index (χ1) is 16.2. The summed E-state index contributed by atoms with van der Waals surface area (Å²) in [5, 5.41) is 12.0. The molecule has 1 aliphatic rings. The molecule has 2 aromatic carbocycles. The number of benzene rings is 2. The number of amides is 3. The van der Waals surface area contributed by atoms with Crippen LogP contribution in [0.25, 0.3) is 0 Å². The SMILES string of the molecule is CC(C)COc1ccc(CNC(=O)N(Cc2ccc(F)cc2)[C@@H]2CCN(C(=O)O)C[C@@H]2F)cc1. The minimum atomic E-state index is -1.53. The Morgan fingerprint density at radius 3 is 2.38 bits per heavy atom. The Morgan fingerprint density at radius 2 is 1.79 bits per heavy atom. The van der Waals surface area contributed by atoms with Crippen molar-refractivity contribution in [1.82, 2.24) is 15.1 Å². The molecule has 1 aliphatic heterocycles. The zero-order chi connectivity index (χ0) is 24.7. The molecular weight excluding hydrogens is 444 g/mol. The normalized spacial score (nSPS) is 18.0. The third-order valence-corrected chi connectivity index (χ3v) is 5.66. The van der Waals surface area contributed by atoms with Gasteiger partial charge < -0.3 is 25.0 Å². The predicted molar refractivity (Wildman–Crippen MR) is 124 cm³/mol. The summed E-state index contributed by atoms with van der Waals surface area (Å²) in [5.74, 6) is 0.749. The third-order valence-electron chi connectivity index (χ3n) is 5.66. The molecule has 184 valence electrons. The van der Waals surface area contributed by atoms with Crippen LogP contribution >= 0.6 is 0 Å². The van der Waals surface area contributed by atoms with E-state index in [-0.39, 0.29) is 32.6 Å². The van der Waals surface area contributed by atoms with E-state index >= 15 is 0 Å². The molecule has 0 bridgehead atoms. The van der Waals surface area contributed by atoms with Gasteiger partial charge in [-0.2, -0.15) is 0 Å². The van der Waals surface area contributed by atoms with Crippen LogP contribution in [0.5, 0.6) is 5.75 Å². The Bertz CT molecular complexity index is 954. The van der Waals surface area contributed by atoms with Crippen LogP contribution in [0.3, 0.4) is 0 Å². The van der Waals surface area contributed by atoms with Crippen LogP contribution in [-0.2, 0) is 13.1 Å². The molecule has 0 aliphatic carbocycles. The fourth-order valence-electron chi connectivity index (χ4n) is 3.79. The number of halogens is 2. The number of urea groups is 1. The number of carboxylic acid groups (broad SMARTS) is 1. The number of carbonyl (C=O) groups is 2. The van der Waals surface area contributed by atoms with Gasteiger partial charge in [-0.3, -0.25) is 0 Å². The molecule has 0 aromatic heterocycles. The summed E-state index contributed by atoms with van der Waals surface area (Å²) in [4.78, 5) is 26.7. The Morgan fingerprint density at radius 1 is 1.15 bits per heavy atom. The quantitative estimate of drug-likeness (QED) is 0.582. The highest BCUT2D eigenvalue weighted by atomic mass is 19.1. The summed E-state index contributed by atoms with van der Waals surface area (Å²) < 4.78 is 34.0. The molecule has 0 radical (unpaired) electrons. The van der Waals surface area contributed by atoms with Gasteiger partial charge in [0.05, 0.1) is 19.2 Å². The van der Waals surface area contributed by atoms with E-state index in [9.17, 15) is 18.4 Å². The van der Waals surface area contributed by atoms with E-state index in [0.717, 1.165) is 16.2 Å². The predicted octanol–water partition coefficient (Wildman–Crippen LogP) is 4.66. The van der Waals surface area contributed by atoms with Gasteiger partial charge in [0.15, 0.2) is 0 Å². The van der Waals surface area contributed by atoms with E-state index in [4.69, 9.17) is 9.84 Å². The highest BCUT2D eigenvalue weighted by molar-refractivity contribution is 5.75. The van der Waals surface area contributed by atoms with Crippen molar-refractivity contribution in [2.45, 2.75) is 45.6 Å². The zero-order valence-corrected chi connectivity index (χ0v) is 19.4. The van der Waals surface area contributed by atoms with Crippen molar-refractivity contribution in [3.8, 4) is 5.75 Å². The number of rotatable bonds is 8. The van der Waals surface area contributed by atoms with E-state index in [1.165, 1.54) is 17.0 Å². The van der Waals surface area contributed by atoms with Gasteiger partial charge >= 0.3 is 12.1 Å². The van der Waals surface area contributed by atoms with Gasteiger partial charge in [-0.25, -0.2) is 18.4 Å². The van der Waals surface area contributed by atoms with Crippen LogP contribution in [-0.4, -0.2) is 58.9 Å². The first-order valence-corrected chi connectivity index (χ1v) is 11.4. The zero-order valence-electron chi connectivity index (χ0n) is 19.4. The van der Waals surface area contributed by atoms with Crippen molar-refractivity contribution in [3.05, 3.63) is 65.5 Å². The Balaban J connectivity index is 1.67. The van der Waals surface area contributed by atoms with E-state index < -0.39 is 30.2 Å². The summed E-state index contributed by atoms with van der Waals surface area (Å²) in [7, 11) is 0. The van der Waals surface area contributed by atoms with Crippen molar-refractivity contribution in [1.29, 1.82) is 0 Å². The minimum absolute atomic E-state index is 0.0756. The van der Waals surface area contributed by atoms with Gasteiger partial charge in [0.2, 0.25) is 0 Å². The molecule has 3 rings (SSSR count). The maximum absolute atomic E-state index is 15.0. The monoisotopic (exact) mass is 475 g/mol. The lowest BCUT2D eigenvalue weighted by Gasteiger charge is -2.39. The molecule has 2 aromatic rings. The van der Waals surface area contributed by atoms with Crippen molar-refractivity contribution in [3.63, 3.8) is 0 Å². The fourth-order valence-corrected chi connectivity index (χ4v) is 3.79. The van der Waals surface area contributed by atoms with E-state index in [1.54, 1.807) is 12.1 Å². The van der Waals surface area contributed by atoms with Gasteiger partial charge in [0.25, 0.3) is 0 Å². The number of carbonyl (C=O) groups excluding carboxylic acids is 1. The fraction of sp³-hybridized carbons (Fsp3) is 0.440.